The van der Waals surface area contributed by atoms with E-state index in [2.05, 4.69) is 5.32 Å². The molecule has 134 valence electrons. The Balaban J connectivity index is 1.58. The van der Waals surface area contributed by atoms with E-state index < -0.39 is 0 Å². The Kier molecular flexibility index (Phi) is 5.18. The number of carbonyl (C=O) groups excluding carboxylic acids is 3. The number of rotatable bonds is 6. The van der Waals surface area contributed by atoms with Crippen LogP contribution in [0.4, 0.5) is 4.79 Å². The second-order valence-corrected chi connectivity index (χ2v) is 5.98. The third kappa shape index (κ3) is 3.74. The maximum atomic E-state index is 12.6. The van der Waals surface area contributed by atoms with Crippen molar-refractivity contribution in [2.45, 2.75) is 12.5 Å². The van der Waals surface area contributed by atoms with E-state index in [0.29, 0.717) is 44.0 Å². The number of likely N-dealkylation sites (tertiary alicyclic amines) is 1. The van der Waals surface area contributed by atoms with Crippen molar-refractivity contribution >= 4 is 17.8 Å². The molecule has 2 heterocycles. The number of urea groups is 1. The highest BCUT2D eigenvalue weighted by molar-refractivity contribution is 6.02. The molecule has 1 aromatic carbocycles. The van der Waals surface area contributed by atoms with E-state index in [9.17, 15) is 14.4 Å². The molecule has 0 aliphatic carbocycles. The highest BCUT2D eigenvalue weighted by atomic mass is 16.5. The van der Waals surface area contributed by atoms with Gasteiger partial charge in [0.2, 0.25) is 5.91 Å². The van der Waals surface area contributed by atoms with Gasteiger partial charge in [0.05, 0.1) is 19.2 Å². The molecule has 0 aromatic heterocycles. The lowest BCUT2D eigenvalue weighted by Gasteiger charge is -2.21. The summed E-state index contributed by atoms with van der Waals surface area (Å²) in [5, 5.41) is 2.51. The SMILES string of the molecule is COCCOc1ccc(C(=O)N2CCC(N3C(=O)CNC3=O)C2)cc1. The van der Waals surface area contributed by atoms with Gasteiger partial charge in [-0.25, -0.2) is 4.79 Å². The Morgan fingerprint density at radius 3 is 2.64 bits per heavy atom. The van der Waals surface area contributed by atoms with Crippen molar-refractivity contribution in [2.75, 3.05) is 40.0 Å². The summed E-state index contributed by atoms with van der Waals surface area (Å²) in [6.07, 6.45) is 0.600. The largest absolute Gasteiger partial charge is 0.491 e. The van der Waals surface area contributed by atoms with E-state index in [1.54, 1.807) is 36.3 Å². The summed E-state index contributed by atoms with van der Waals surface area (Å²) in [7, 11) is 1.60. The summed E-state index contributed by atoms with van der Waals surface area (Å²) in [6.45, 7) is 1.87. The quantitative estimate of drug-likeness (QED) is 0.597. The smallest absolute Gasteiger partial charge is 0.324 e. The Morgan fingerprint density at radius 2 is 2.00 bits per heavy atom. The lowest BCUT2D eigenvalue weighted by molar-refractivity contribution is -0.126. The second-order valence-electron chi connectivity index (χ2n) is 5.98. The molecule has 1 unspecified atom stereocenters. The molecule has 0 radical (unpaired) electrons. The molecule has 0 saturated carbocycles. The van der Waals surface area contributed by atoms with Crippen molar-refractivity contribution in [1.82, 2.24) is 15.1 Å². The Labute approximate surface area is 145 Å². The number of hydrogen-bond acceptors (Lipinski definition) is 5. The lowest BCUT2D eigenvalue weighted by atomic mass is 10.2. The summed E-state index contributed by atoms with van der Waals surface area (Å²) < 4.78 is 10.4. The Bertz CT molecular complexity index is 645. The van der Waals surface area contributed by atoms with Crippen LogP contribution in [0.5, 0.6) is 5.75 Å². The highest BCUT2D eigenvalue weighted by Crippen LogP contribution is 2.21. The van der Waals surface area contributed by atoms with Crippen LogP contribution in [0.15, 0.2) is 24.3 Å². The van der Waals surface area contributed by atoms with Gasteiger partial charge in [0, 0.05) is 25.8 Å². The summed E-state index contributed by atoms with van der Waals surface area (Å²) in [5.41, 5.74) is 0.553. The zero-order valence-electron chi connectivity index (χ0n) is 14.1. The van der Waals surface area contributed by atoms with Crippen LogP contribution in [0.2, 0.25) is 0 Å². The summed E-state index contributed by atoms with van der Waals surface area (Å²) in [4.78, 5) is 39.0. The Morgan fingerprint density at radius 1 is 1.24 bits per heavy atom. The predicted molar refractivity (Wildman–Crippen MR) is 88.4 cm³/mol. The molecule has 2 saturated heterocycles. The molecule has 25 heavy (non-hydrogen) atoms. The number of nitrogens with one attached hydrogen (secondary N) is 1. The van der Waals surface area contributed by atoms with E-state index >= 15 is 0 Å². The monoisotopic (exact) mass is 347 g/mol. The first-order chi connectivity index (χ1) is 12.1. The average molecular weight is 347 g/mol. The molecular formula is C17H21N3O5. The van der Waals surface area contributed by atoms with Crippen LogP contribution in [0.25, 0.3) is 0 Å². The van der Waals surface area contributed by atoms with Crippen molar-refractivity contribution in [3.63, 3.8) is 0 Å². The minimum Gasteiger partial charge on any atom is -0.491 e. The zero-order valence-corrected chi connectivity index (χ0v) is 14.1. The maximum Gasteiger partial charge on any atom is 0.324 e. The first kappa shape index (κ1) is 17.2. The number of methoxy groups -OCH3 is 1. The molecule has 2 aliphatic heterocycles. The fourth-order valence-corrected chi connectivity index (χ4v) is 3.06. The van der Waals surface area contributed by atoms with Crippen LogP contribution >= 0.6 is 0 Å². The number of nitrogens with zero attached hydrogens (tertiary/aromatic N) is 2. The van der Waals surface area contributed by atoms with Gasteiger partial charge in [-0.05, 0) is 30.7 Å². The van der Waals surface area contributed by atoms with Gasteiger partial charge >= 0.3 is 6.03 Å². The van der Waals surface area contributed by atoms with Crippen LogP contribution in [0.1, 0.15) is 16.8 Å². The molecule has 2 aliphatic rings. The van der Waals surface area contributed by atoms with Gasteiger partial charge in [0.15, 0.2) is 0 Å². The zero-order chi connectivity index (χ0) is 17.8. The van der Waals surface area contributed by atoms with Gasteiger partial charge in [-0.1, -0.05) is 0 Å². The van der Waals surface area contributed by atoms with Gasteiger partial charge in [0.1, 0.15) is 12.4 Å². The third-order valence-corrected chi connectivity index (χ3v) is 4.35. The first-order valence-electron chi connectivity index (χ1n) is 8.21. The van der Waals surface area contributed by atoms with E-state index in [1.807, 2.05) is 0 Å². The molecule has 0 spiro atoms. The third-order valence-electron chi connectivity index (χ3n) is 4.35. The van der Waals surface area contributed by atoms with E-state index in [-0.39, 0.29) is 30.4 Å². The molecule has 2 fully saturated rings. The standard InChI is InChI=1S/C17H21N3O5/c1-24-8-9-25-14-4-2-12(3-5-14)16(22)19-7-6-13(11-19)20-15(21)10-18-17(20)23/h2-5,13H,6-11H2,1H3,(H,18,23). The summed E-state index contributed by atoms with van der Waals surface area (Å²) >= 11 is 0. The molecule has 8 heteroatoms. The van der Waals surface area contributed by atoms with Crippen molar-refractivity contribution in [1.29, 1.82) is 0 Å². The Hall–Kier alpha value is -2.61. The van der Waals surface area contributed by atoms with Crippen LogP contribution in [-0.2, 0) is 9.53 Å². The second kappa shape index (κ2) is 7.52. The number of ether oxygens (including phenoxy) is 2. The first-order valence-corrected chi connectivity index (χ1v) is 8.21. The molecule has 3 rings (SSSR count). The summed E-state index contributed by atoms with van der Waals surface area (Å²) in [6, 6.07) is 6.29. The van der Waals surface area contributed by atoms with Gasteiger partial charge < -0.3 is 19.7 Å². The van der Waals surface area contributed by atoms with E-state index in [0.717, 1.165) is 0 Å². The van der Waals surface area contributed by atoms with Gasteiger partial charge in [-0.3, -0.25) is 14.5 Å². The van der Waals surface area contributed by atoms with Crippen LogP contribution in [0, 0.1) is 0 Å². The molecule has 1 aromatic rings. The van der Waals surface area contributed by atoms with Crippen LogP contribution < -0.4 is 10.1 Å². The molecular weight excluding hydrogens is 326 g/mol. The van der Waals surface area contributed by atoms with E-state index in [1.165, 1.54) is 4.90 Å². The van der Waals surface area contributed by atoms with E-state index in [4.69, 9.17) is 9.47 Å². The molecule has 1 atom stereocenters. The number of carbonyl (C=O) groups is 3. The topological polar surface area (TPSA) is 88.2 Å². The minimum atomic E-state index is -0.373. The van der Waals surface area contributed by atoms with Crippen molar-refractivity contribution in [3.05, 3.63) is 29.8 Å². The molecule has 4 amide bonds. The van der Waals surface area contributed by atoms with Crippen molar-refractivity contribution in [3.8, 4) is 5.75 Å². The fraction of sp³-hybridized carbons (Fsp3) is 0.471. The normalized spacial score (nSPS) is 20.1. The van der Waals surface area contributed by atoms with Gasteiger partial charge in [-0.2, -0.15) is 0 Å². The van der Waals surface area contributed by atoms with Crippen molar-refractivity contribution in [2.24, 2.45) is 0 Å². The predicted octanol–water partition coefficient (Wildman–Crippen LogP) is 0.478. The number of imide groups is 1. The maximum absolute atomic E-state index is 12.6. The van der Waals surface area contributed by atoms with Crippen molar-refractivity contribution < 1.29 is 23.9 Å². The number of hydrogen-bond donors (Lipinski definition) is 1. The van der Waals surface area contributed by atoms with Gasteiger partial charge in [0.25, 0.3) is 5.91 Å². The van der Waals surface area contributed by atoms with Crippen LogP contribution in [0.3, 0.4) is 0 Å². The minimum absolute atomic E-state index is 0.0355. The molecule has 1 N–H and O–H groups in total. The van der Waals surface area contributed by atoms with Gasteiger partial charge in [-0.15, -0.1) is 0 Å². The number of amides is 4. The summed E-state index contributed by atoms with van der Waals surface area (Å²) in [5.74, 6) is 0.326. The molecule has 0 bridgehead atoms. The lowest BCUT2D eigenvalue weighted by Crippen LogP contribution is -2.42. The van der Waals surface area contributed by atoms with Crippen LogP contribution in [-0.4, -0.2) is 73.6 Å². The number of benzene rings is 1. The highest BCUT2D eigenvalue weighted by Gasteiger charge is 2.39. The molecule has 8 nitrogen and oxygen atoms in total. The average Bonchev–Trinajstić information content (AvgIpc) is 3.22. The fourth-order valence-electron chi connectivity index (χ4n) is 3.06.